The van der Waals surface area contributed by atoms with Gasteiger partial charge in [0, 0.05) is 11.6 Å². The predicted molar refractivity (Wildman–Crippen MR) is 74.0 cm³/mol. The summed E-state index contributed by atoms with van der Waals surface area (Å²) in [6.07, 6.45) is 2.88. The van der Waals surface area contributed by atoms with Gasteiger partial charge in [-0.3, -0.25) is 10.1 Å². The molecule has 0 unspecified atom stereocenters. The van der Waals surface area contributed by atoms with E-state index in [2.05, 4.69) is 4.98 Å². The zero-order chi connectivity index (χ0) is 13.9. The summed E-state index contributed by atoms with van der Waals surface area (Å²) in [5, 5.41) is 11.2. The number of oxazole rings is 1. The van der Waals surface area contributed by atoms with Gasteiger partial charge in [0.25, 0.3) is 5.69 Å². The third-order valence-corrected chi connectivity index (χ3v) is 2.97. The lowest BCUT2D eigenvalue weighted by molar-refractivity contribution is -0.384. The number of nitro groups is 1. The van der Waals surface area contributed by atoms with Crippen molar-refractivity contribution >= 4 is 5.69 Å². The summed E-state index contributed by atoms with van der Waals surface area (Å²) >= 11 is 0. The van der Waals surface area contributed by atoms with Crippen molar-refractivity contribution in [1.82, 2.24) is 4.98 Å². The number of nitro benzene ring substituents is 1. The normalized spacial score (nSPS) is 10.4. The molecule has 0 saturated heterocycles. The van der Waals surface area contributed by atoms with Crippen LogP contribution in [0, 0.1) is 10.1 Å². The van der Waals surface area contributed by atoms with Crippen molar-refractivity contribution < 1.29 is 9.34 Å². The van der Waals surface area contributed by atoms with Crippen molar-refractivity contribution in [2.45, 2.75) is 0 Å². The van der Waals surface area contributed by atoms with Crippen molar-refractivity contribution in [2.24, 2.45) is 0 Å². The quantitative estimate of drug-likeness (QED) is 0.532. The fourth-order valence-electron chi connectivity index (χ4n) is 2.12. The van der Waals surface area contributed by atoms with Crippen molar-refractivity contribution in [1.29, 1.82) is 0 Å². The van der Waals surface area contributed by atoms with E-state index < -0.39 is 4.92 Å². The van der Waals surface area contributed by atoms with E-state index in [0.717, 1.165) is 11.1 Å². The molecule has 5 heteroatoms. The molecule has 1 heterocycles. The highest BCUT2D eigenvalue weighted by atomic mass is 16.6. The zero-order valence-corrected chi connectivity index (χ0v) is 10.4. The Morgan fingerprint density at radius 1 is 1.05 bits per heavy atom. The summed E-state index contributed by atoms with van der Waals surface area (Å²) in [4.78, 5) is 14.9. The molecule has 0 atom stereocenters. The van der Waals surface area contributed by atoms with Crippen LogP contribution in [0.1, 0.15) is 0 Å². The topological polar surface area (TPSA) is 69.2 Å². The second kappa shape index (κ2) is 4.97. The molecule has 0 saturated carbocycles. The fourth-order valence-corrected chi connectivity index (χ4v) is 2.12. The molecule has 0 fully saturated rings. The Labute approximate surface area is 114 Å². The lowest BCUT2D eigenvalue weighted by Crippen LogP contribution is -1.94. The third-order valence-electron chi connectivity index (χ3n) is 2.97. The van der Waals surface area contributed by atoms with Gasteiger partial charge in [0.1, 0.15) is 11.8 Å². The molecular formula is C15H10N2O3. The highest BCUT2D eigenvalue weighted by Gasteiger charge is 2.22. The molecule has 98 valence electrons. The van der Waals surface area contributed by atoms with E-state index >= 15 is 0 Å². The average Bonchev–Trinajstić information content (AvgIpc) is 3.01. The van der Waals surface area contributed by atoms with Crippen molar-refractivity contribution in [2.75, 3.05) is 0 Å². The first-order valence-electron chi connectivity index (χ1n) is 6.00. The van der Waals surface area contributed by atoms with Gasteiger partial charge in [0.05, 0.1) is 11.1 Å². The van der Waals surface area contributed by atoms with Crippen LogP contribution in [-0.4, -0.2) is 9.91 Å². The van der Waals surface area contributed by atoms with Crippen LogP contribution in [0.4, 0.5) is 5.69 Å². The van der Waals surface area contributed by atoms with Crippen LogP contribution in [0.3, 0.4) is 0 Å². The Morgan fingerprint density at radius 3 is 2.50 bits per heavy atom. The summed E-state index contributed by atoms with van der Waals surface area (Å²) in [6, 6.07) is 14.4. The van der Waals surface area contributed by atoms with E-state index in [-0.39, 0.29) is 11.6 Å². The Hall–Kier alpha value is -2.95. The molecule has 0 aliphatic rings. The zero-order valence-electron chi connectivity index (χ0n) is 10.4. The van der Waals surface area contributed by atoms with E-state index in [9.17, 15) is 10.1 Å². The van der Waals surface area contributed by atoms with Gasteiger partial charge < -0.3 is 4.42 Å². The molecule has 0 radical (unpaired) electrons. The van der Waals surface area contributed by atoms with Crippen LogP contribution >= 0.6 is 0 Å². The van der Waals surface area contributed by atoms with Gasteiger partial charge >= 0.3 is 0 Å². The molecule has 0 amide bonds. The first-order chi connectivity index (χ1) is 9.77. The Morgan fingerprint density at radius 2 is 1.85 bits per heavy atom. The van der Waals surface area contributed by atoms with Gasteiger partial charge in [-0.25, -0.2) is 4.98 Å². The Balaban J connectivity index is 2.30. The SMILES string of the molecule is O=[N+]([O-])c1cccc(-c2ccccc2)c1-c1ncco1. The molecule has 20 heavy (non-hydrogen) atoms. The van der Waals surface area contributed by atoms with Crippen molar-refractivity contribution in [3.63, 3.8) is 0 Å². The minimum atomic E-state index is -0.425. The van der Waals surface area contributed by atoms with Gasteiger partial charge in [-0.1, -0.05) is 42.5 Å². The minimum Gasteiger partial charge on any atom is -0.444 e. The molecule has 0 aliphatic heterocycles. The van der Waals surface area contributed by atoms with Crippen LogP contribution in [0.5, 0.6) is 0 Å². The lowest BCUT2D eigenvalue weighted by atomic mass is 9.98. The van der Waals surface area contributed by atoms with E-state index in [1.165, 1.54) is 18.5 Å². The van der Waals surface area contributed by atoms with Crippen molar-refractivity contribution in [3.05, 3.63) is 71.1 Å². The average molecular weight is 266 g/mol. The minimum absolute atomic E-state index is 0.0196. The summed E-state index contributed by atoms with van der Waals surface area (Å²) in [5.74, 6) is 0.246. The fraction of sp³-hybridized carbons (Fsp3) is 0. The number of benzene rings is 2. The maximum absolute atomic E-state index is 11.2. The summed E-state index contributed by atoms with van der Waals surface area (Å²) in [7, 11) is 0. The van der Waals surface area contributed by atoms with Crippen molar-refractivity contribution in [3.8, 4) is 22.6 Å². The summed E-state index contributed by atoms with van der Waals surface area (Å²) < 4.78 is 5.26. The van der Waals surface area contributed by atoms with Crippen LogP contribution in [0.15, 0.2) is 65.4 Å². The summed E-state index contributed by atoms with van der Waals surface area (Å²) in [5.41, 5.74) is 1.98. The predicted octanol–water partition coefficient (Wildman–Crippen LogP) is 3.92. The van der Waals surface area contributed by atoms with E-state index in [0.29, 0.717) is 5.56 Å². The monoisotopic (exact) mass is 266 g/mol. The Kier molecular flexibility index (Phi) is 3.01. The molecule has 0 N–H and O–H groups in total. The molecular weight excluding hydrogens is 256 g/mol. The second-order valence-corrected chi connectivity index (χ2v) is 4.16. The highest BCUT2D eigenvalue weighted by molar-refractivity contribution is 5.86. The number of rotatable bonds is 3. The number of hydrogen-bond acceptors (Lipinski definition) is 4. The van der Waals surface area contributed by atoms with Gasteiger partial charge in [-0.2, -0.15) is 0 Å². The molecule has 5 nitrogen and oxygen atoms in total. The molecule has 1 aromatic heterocycles. The second-order valence-electron chi connectivity index (χ2n) is 4.16. The molecule has 0 aliphatic carbocycles. The molecule has 0 bridgehead atoms. The number of hydrogen-bond donors (Lipinski definition) is 0. The molecule has 3 rings (SSSR count). The third kappa shape index (κ3) is 2.05. The smallest absolute Gasteiger partial charge is 0.282 e. The van der Waals surface area contributed by atoms with Gasteiger partial charge in [-0.15, -0.1) is 0 Å². The largest absolute Gasteiger partial charge is 0.444 e. The summed E-state index contributed by atoms with van der Waals surface area (Å²) in [6.45, 7) is 0. The van der Waals surface area contributed by atoms with E-state index in [4.69, 9.17) is 4.42 Å². The maximum atomic E-state index is 11.2. The van der Waals surface area contributed by atoms with Crippen LogP contribution < -0.4 is 0 Å². The highest BCUT2D eigenvalue weighted by Crippen LogP contribution is 2.37. The first kappa shape index (κ1) is 12.1. The van der Waals surface area contributed by atoms with Gasteiger partial charge in [0.2, 0.25) is 5.89 Å². The van der Waals surface area contributed by atoms with E-state index in [1.807, 2.05) is 36.4 Å². The number of aromatic nitrogens is 1. The van der Waals surface area contributed by atoms with Crippen LogP contribution in [-0.2, 0) is 0 Å². The first-order valence-corrected chi connectivity index (χ1v) is 6.00. The van der Waals surface area contributed by atoms with Crippen LogP contribution in [0.25, 0.3) is 22.6 Å². The lowest BCUT2D eigenvalue weighted by Gasteiger charge is -2.07. The van der Waals surface area contributed by atoms with E-state index in [1.54, 1.807) is 6.07 Å². The Bertz CT molecular complexity index is 737. The number of nitrogens with zero attached hydrogens (tertiary/aromatic N) is 2. The van der Waals surface area contributed by atoms with Gasteiger partial charge in [-0.05, 0) is 5.56 Å². The standard InChI is InChI=1S/C15H10N2O3/c18-17(19)13-8-4-7-12(11-5-2-1-3-6-11)14(13)15-16-9-10-20-15/h1-10H. The molecule has 0 spiro atoms. The molecule has 3 aromatic rings. The van der Waals surface area contributed by atoms with Crippen LogP contribution in [0.2, 0.25) is 0 Å². The maximum Gasteiger partial charge on any atom is 0.282 e. The van der Waals surface area contributed by atoms with Gasteiger partial charge in [0.15, 0.2) is 0 Å². The molecule has 2 aromatic carbocycles.